The van der Waals surface area contributed by atoms with Crippen molar-refractivity contribution in [2.75, 3.05) is 5.32 Å². The second-order valence-corrected chi connectivity index (χ2v) is 6.55. The number of thiophene rings is 1. The monoisotopic (exact) mass is 354 g/mol. The van der Waals surface area contributed by atoms with Gasteiger partial charge in [-0.2, -0.15) is 0 Å². The summed E-state index contributed by atoms with van der Waals surface area (Å²) in [4.78, 5) is 24.1. The van der Waals surface area contributed by atoms with E-state index in [2.05, 4.69) is 5.32 Å². The zero-order chi connectivity index (χ0) is 16.3. The smallest absolute Gasteiger partial charge is 0.251 e. The van der Waals surface area contributed by atoms with Crippen LogP contribution in [-0.2, 0) is 4.79 Å². The van der Waals surface area contributed by atoms with Crippen molar-refractivity contribution in [2.24, 2.45) is 5.73 Å². The first kappa shape index (κ1) is 16.5. The fourth-order valence-corrected chi connectivity index (χ4v) is 3.14. The molecule has 4 nitrogen and oxygen atoms in total. The van der Waals surface area contributed by atoms with Crippen LogP contribution < -0.4 is 11.1 Å². The maximum absolute atomic E-state index is 11.9. The Bertz CT molecular complexity index is 769. The van der Waals surface area contributed by atoms with Gasteiger partial charge in [-0.25, -0.2) is 0 Å². The molecule has 0 unspecified atom stereocenters. The molecule has 0 aliphatic rings. The van der Waals surface area contributed by atoms with Gasteiger partial charge in [-0.1, -0.05) is 29.3 Å². The maximum atomic E-state index is 11.9. The number of amides is 2. The number of nitrogens with two attached hydrogens (primary N) is 1. The highest BCUT2D eigenvalue weighted by molar-refractivity contribution is 7.16. The molecular formula is C15H12Cl2N2O2S. The molecule has 7 heteroatoms. The lowest BCUT2D eigenvalue weighted by Crippen LogP contribution is -2.14. The molecule has 0 saturated carbocycles. The quantitative estimate of drug-likeness (QED) is 0.810. The SMILES string of the molecule is Cc1cc(C(N)=O)c(NC(=O)/C=C/c2ccc(Cl)cc2Cl)s1. The summed E-state index contributed by atoms with van der Waals surface area (Å²) in [5.41, 5.74) is 6.24. The fourth-order valence-electron chi connectivity index (χ4n) is 1.75. The van der Waals surface area contributed by atoms with Gasteiger partial charge in [0.15, 0.2) is 0 Å². The number of nitrogens with one attached hydrogen (secondary N) is 1. The average molecular weight is 355 g/mol. The molecule has 0 aliphatic heterocycles. The normalized spacial score (nSPS) is 10.9. The summed E-state index contributed by atoms with van der Waals surface area (Å²) in [6.45, 7) is 1.83. The second kappa shape index (κ2) is 6.96. The predicted octanol–water partition coefficient (Wildman–Crippen LogP) is 4.11. The van der Waals surface area contributed by atoms with E-state index in [4.69, 9.17) is 28.9 Å². The number of hydrogen-bond donors (Lipinski definition) is 2. The van der Waals surface area contributed by atoms with E-state index in [1.54, 1.807) is 30.3 Å². The van der Waals surface area contributed by atoms with Crippen LogP contribution in [0.25, 0.3) is 6.08 Å². The van der Waals surface area contributed by atoms with Gasteiger partial charge in [0.05, 0.1) is 5.56 Å². The highest BCUT2D eigenvalue weighted by Gasteiger charge is 2.13. The summed E-state index contributed by atoms with van der Waals surface area (Å²) in [7, 11) is 0. The van der Waals surface area contributed by atoms with Crippen LogP contribution in [0.3, 0.4) is 0 Å². The van der Waals surface area contributed by atoms with E-state index in [0.717, 1.165) is 4.88 Å². The van der Waals surface area contributed by atoms with E-state index >= 15 is 0 Å². The molecule has 0 fully saturated rings. The van der Waals surface area contributed by atoms with Crippen LogP contribution >= 0.6 is 34.5 Å². The van der Waals surface area contributed by atoms with E-state index in [9.17, 15) is 9.59 Å². The van der Waals surface area contributed by atoms with Gasteiger partial charge in [0, 0.05) is 21.0 Å². The molecule has 2 aromatic rings. The van der Waals surface area contributed by atoms with Crippen molar-refractivity contribution < 1.29 is 9.59 Å². The predicted molar refractivity (Wildman–Crippen MR) is 91.7 cm³/mol. The van der Waals surface area contributed by atoms with Crippen molar-refractivity contribution in [1.82, 2.24) is 0 Å². The molecular weight excluding hydrogens is 343 g/mol. The molecule has 1 heterocycles. The van der Waals surface area contributed by atoms with Gasteiger partial charge in [-0.05, 0) is 36.8 Å². The number of rotatable bonds is 4. The number of halogens is 2. The van der Waals surface area contributed by atoms with Crippen molar-refractivity contribution in [3.05, 3.63) is 56.4 Å². The lowest BCUT2D eigenvalue weighted by atomic mass is 10.2. The second-order valence-electron chi connectivity index (χ2n) is 4.45. The van der Waals surface area contributed by atoms with Crippen molar-refractivity contribution in [2.45, 2.75) is 6.92 Å². The molecule has 1 aromatic heterocycles. The number of benzene rings is 1. The molecule has 3 N–H and O–H groups in total. The van der Waals surface area contributed by atoms with Crippen LogP contribution in [0.4, 0.5) is 5.00 Å². The number of primary amides is 1. The summed E-state index contributed by atoms with van der Waals surface area (Å²) in [6.07, 6.45) is 2.90. The lowest BCUT2D eigenvalue weighted by molar-refractivity contribution is -0.111. The van der Waals surface area contributed by atoms with E-state index in [0.29, 0.717) is 26.2 Å². The molecule has 1 aromatic carbocycles. The lowest BCUT2D eigenvalue weighted by Gasteiger charge is -2.01. The molecule has 0 atom stereocenters. The molecule has 2 amide bonds. The van der Waals surface area contributed by atoms with Crippen molar-refractivity contribution in [1.29, 1.82) is 0 Å². The third kappa shape index (κ3) is 4.10. The van der Waals surface area contributed by atoms with Gasteiger partial charge < -0.3 is 11.1 Å². The summed E-state index contributed by atoms with van der Waals surface area (Å²) >= 11 is 13.1. The first-order valence-corrected chi connectivity index (χ1v) is 7.78. The van der Waals surface area contributed by atoms with E-state index in [1.807, 2.05) is 6.92 Å². The first-order chi connectivity index (χ1) is 10.4. The molecule has 22 heavy (non-hydrogen) atoms. The highest BCUT2D eigenvalue weighted by Crippen LogP contribution is 2.27. The van der Waals surface area contributed by atoms with Crippen LogP contribution in [0, 0.1) is 6.92 Å². The van der Waals surface area contributed by atoms with E-state index in [1.165, 1.54) is 17.4 Å². The Morgan fingerprint density at radius 2 is 2.00 bits per heavy atom. The van der Waals surface area contributed by atoms with E-state index < -0.39 is 5.91 Å². The Balaban J connectivity index is 2.13. The Morgan fingerprint density at radius 3 is 2.64 bits per heavy atom. The minimum Gasteiger partial charge on any atom is -0.366 e. The number of carbonyl (C=O) groups is 2. The summed E-state index contributed by atoms with van der Waals surface area (Å²) < 4.78 is 0. The van der Waals surface area contributed by atoms with Crippen LogP contribution in [0.2, 0.25) is 10.0 Å². The maximum Gasteiger partial charge on any atom is 0.251 e. The van der Waals surface area contributed by atoms with Crippen LogP contribution in [-0.4, -0.2) is 11.8 Å². The molecule has 0 saturated heterocycles. The Morgan fingerprint density at radius 1 is 1.27 bits per heavy atom. The van der Waals surface area contributed by atoms with Gasteiger partial charge in [0.25, 0.3) is 5.91 Å². The Kier molecular flexibility index (Phi) is 5.24. The van der Waals surface area contributed by atoms with Crippen LogP contribution in [0.5, 0.6) is 0 Å². The van der Waals surface area contributed by atoms with Crippen molar-refractivity contribution in [3.8, 4) is 0 Å². The van der Waals surface area contributed by atoms with Crippen LogP contribution in [0.1, 0.15) is 20.8 Å². The molecule has 0 radical (unpaired) electrons. The topological polar surface area (TPSA) is 72.2 Å². The standard InChI is InChI=1S/C15H12Cl2N2O2S/c1-8-6-11(14(18)21)15(22-8)19-13(20)5-3-9-2-4-10(16)7-12(9)17/h2-7H,1H3,(H2,18,21)(H,19,20)/b5-3+. The largest absolute Gasteiger partial charge is 0.366 e. The molecule has 114 valence electrons. The minimum absolute atomic E-state index is 0.300. The zero-order valence-corrected chi connectivity index (χ0v) is 13.9. The van der Waals surface area contributed by atoms with Crippen molar-refractivity contribution in [3.63, 3.8) is 0 Å². The summed E-state index contributed by atoms with van der Waals surface area (Å²) in [5, 5.41) is 4.03. The third-order valence-corrected chi connectivity index (χ3v) is 4.26. The minimum atomic E-state index is -0.579. The van der Waals surface area contributed by atoms with E-state index in [-0.39, 0.29) is 5.91 Å². The van der Waals surface area contributed by atoms with Gasteiger partial charge in [-0.3, -0.25) is 9.59 Å². The van der Waals surface area contributed by atoms with Crippen molar-refractivity contribution >= 4 is 57.4 Å². The number of hydrogen-bond acceptors (Lipinski definition) is 3. The summed E-state index contributed by atoms with van der Waals surface area (Å²) in [5.74, 6) is -0.959. The third-order valence-electron chi connectivity index (χ3n) is 2.73. The van der Waals surface area contributed by atoms with Gasteiger partial charge >= 0.3 is 0 Å². The zero-order valence-electron chi connectivity index (χ0n) is 11.5. The summed E-state index contributed by atoms with van der Waals surface area (Å²) in [6, 6.07) is 6.62. The highest BCUT2D eigenvalue weighted by atomic mass is 35.5. The van der Waals surface area contributed by atoms with Gasteiger partial charge in [0.2, 0.25) is 5.91 Å². The number of aryl methyl sites for hydroxylation is 1. The number of carbonyl (C=O) groups excluding carboxylic acids is 2. The fraction of sp³-hybridized carbons (Fsp3) is 0.0667. The van der Waals surface area contributed by atoms with Gasteiger partial charge in [-0.15, -0.1) is 11.3 Å². The first-order valence-electron chi connectivity index (χ1n) is 6.21. The molecule has 0 spiro atoms. The Labute approximate surface area is 141 Å². The number of anilines is 1. The molecule has 0 bridgehead atoms. The average Bonchev–Trinajstić information content (AvgIpc) is 2.78. The van der Waals surface area contributed by atoms with Crippen LogP contribution in [0.15, 0.2) is 30.3 Å². The molecule has 2 rings (SSSR count). The molecule has 0 aliphatic carbocycles. The Hall–Kier alpha value is -1.82. The van der Waals surface area contributed by atoms with Gasteiger partial charge in [0.1, 0.15) is 5.00 Å².